The molecule has 0 radical (unpaired) electrons. The van der Waals surface area contributed by atoms with Crippen LogP contribution in [0.2, 0.25) is 0 Å². The van der Waals surface area contributed by atoms with Gasteiger partial charge < -0.3 is 24.6 Å². The Bertz CT molecular complexity index is 1060. The van der Waals surface area contributed by atoms with Crippen LogP contribution >= 0.6 is 7.82 Å². The molecule has 320 valence electrons. The van der Waals surface area contributed by atoms with Gasteiger partial charge in [-0.3, -0.25) is 18.6 Å². The fourth-order valence-electron chi connectivity index (χ4n) is 5.65. The van der Waals surface area contributed by atoms with Gasteiger partial charge in [0.15, 0.2) is 6.10 Å². The molecule has 55 heavy (non-hydrogen) atoms. The van der Waals surface area contributed by atoms with Crippen LogP contribution in [0.5, 0.6) is 0 Å². The molecule has 0 aliphatic heterocycles. The van der Waals surface area contributed by atoms with Crippen molar-refractivity contribution in [3.8, 4) is 0 Å². The van der Waals surface area contributed by atoms with Crippen LogP contribution in [0.3, 0.4) is 0 Å². The van der Waals surface area contributed by atoms with E-state index in [0.717, 1.165) is 70.6 Å². The number of allylic oxidation sites excluding steroid dienone is 8. The molecule has 0 saturated carbocycles. The smallest absolute Gasteiger partial charge is 0.462 e. The van der Waals surface area contributed by atoms with E-state index in [1.165, 1.54) is 70.6 Å². The molecule has 1 unspecified atom stereocenters. The monoisotopic (exact) mass is 799 g/mol. The highest BCUT2D eigenvalue weighted by Gasteiger charge is 2.27. The predicted molar refractivity (Wildman–Crippen MR) is 224 cm³/mol. The van der Waals surface area contributed by atoms with Gasteiger partial charge in [0.05, 0.1) is 19.8 Å². The van der Waals surface area contributed by atoms with Crippen molar-refractivity contribution in [1.82, 2.24) is 0 Å². The van der Waals surface area contributed by atoms with Gasteiger partial charge in [-0.1, -0.05) is 146 Å². The van der Waals surface area contributed by atoms with Crippen LogP contribution in [-0.2, 0) is 32.7 Å². The molecule has 0 aromatic rings. The van der Waals surface area contributed by atoms with Gasteiger partial charge >= 0.3 is 19.8 Å². The molecule has 0 aliphatic rings. The maximum atomic E-state index is 12.6. The standard InChI is InChI=1S/C44H79O10P/c1-3-5-7-9-11-13-15-17-19-20-22-24-26-28-30-32-34-36-44(48)54-42(40-53-55(49,50)52-38-41(46)37-45)39-51-43(47)35-33-31-29-27-25-23-21-18-16-14-12-10-8-6-4-2/h6,8,12-15,18,21,41-42,45-46H,3-5,7,9-11,16-17,19-20,22-40H2,1-2H3,(H,49,50)/b8-6+,14-12+,15-13+,21-18+/t41-,42+/m0/s1. The lowest BCUT2D eigenvalue weighted by Gasteiger charge is -2.20. The van der Waals surface area contributed by atoms with Gasteiger partial charge in [0.1, 0.15) is 12.7 Å². The van der Waals surface area contributed by atoms with Crippen molar-refractivity contribution in [3.63, 3.8) is 0 Å². The van der Waals surface area contributed by atoms with E-state index in [1.54, 1.807) is 0 Å². The van der Waals surface area contributed by atoms with Crippen molar-refractivity contribution in [3.05, 3.63) is 48.6 Å². The average molecular weight is 799 g/mol. The molecule has 0 rings (SSSR count). The molecule has 0 bridgehead atoms. The van der Waals surface area contributed by atoms with E-state index in [2.05, 4.69) is 67.0 Å². The van der Waals surface area contributed by atoms with Gasteiger partial charge in [0, 0.05) is 12.8 Å². The number of hydrogen-bond acceptors (Lipinski definition) is 9. The lowest BCUT2D eigenvalue weighted by atomic mass is 10.1. The first-order chi connectivity index (χ1) is 26.7. The third-order valence-corrected chi connectivity index (χ3v) is 9.92. The molecular weight excluding hydrogens is 719 g/mol. The Hall–Kier alpha value is -2.07. The van der Waals surface area contributed by atoms with Crippen molar-refractivity contribution >= 4 is 19.8 Å². The van der Waals surface area contributed by atoms with Gasteiger partial charge in [-0.2, -0.15) is 0 Å². The lowest BCUT2D eigenvalue weighted by molar-refractivity contribution is -0.161. The zero-order valence-corrected chi connectivity index (χ0v) is 35.5. The van der Waals surface area contributed by atoms with Crippen LogP contribution in [0.4, 0.5) is 0 Å². The minimum absolute atomic E-state index is 0.177. The largest absolute Gasteiger partial charge is 0.472 e. The summed E-state index contributed by atoms with van der Waals surface area (Å²) in [5.41, 5.74) is 0. The van der Waals surface area contributed by atoms with Crippen LogP contribution in [0.1, 0.15) is 181 Å². The number of unbranched alkanes of at least 4 members (excludes halogenated alkanes) is 18. The van der Waals surface area contributed by atoms with E-state index in [-0.39, 0.29) is 19.4 Å². The number of hydrogen-bond donors (Lipinski definition) is 3. The first kappa shape index (κ1) is 52.9. The van der Waals surface area contributed by atoms with Crippen LogP contribution in [-0.4, -0.2) is 65.7 Å². The van der Waals surface area contributed by atoms with E-state index >= 15 is 0 Å². The third kappa shape index (κ3) is 39.9. The van der Waals surface area contributed by atoms with E-state index in [0.29, 0.717) is 12.8 Å². The number of phosphoric ester groups is 1. The minimum atomic E-state index is -4.62. The van der Waals surface area contributed by atoms with E-state index in [1.807, 2.05) is 0 Å². The summed E-state index contributed by atoms with van der Waals surface area (Å²) in [6, 6.07) is 0. The Morgan fingerprint density at radius 1 is 0.564 bits per heavy atom. The second kappa shape index (κ2) is 40.1. The summed E-state index contributed by atoms with van der Waals surface area (Å²) in [5, 5.41) is 18.3. The maximum Gasteiger partial charge on any atom is 0.472 e. The van der Waals surface area contributed by atoms with Gasteiger partial charge in [-0.25, -0.2) is 4.57 Å². The van der Waals surface area contributed by atoms with E-state index in [4.69, 9.17) is 19.1 Å². The van der Waals surface area contributed by atoms with Gasteiger partial charge in [0.25, 0.3) is 0 Å². The zero-order chi connectivity index (χ0) is 40.5. The van der Waals surface area contributed by atoms with E-state index in [9.17, 15) is 24.2 Å². The number of aliphatic hydroxyl groups is 2. The van der Waals surface area contributed by atoms with Gasteiger partial charge in [0.2, 0.25) is 0 Å². The Balaban J connectivity index is 4.32. The number of carbonyl (C=O) groups is 2. The second-order valence-electron chi connectivity index (χ2n) is 14.3. The fraction of sp³-hybridized carbons (Fsp3) is 0.773. The van der Waals surface area contributed by atoms with Crippen LogP contribution in [0, 0.1) is 0 Å². The molecule has 0 aromatic heterocycles. The molecule has 0 spiro atoms. The van der Waals surface area contributed by atoms with E-state index < -0.39 is 51.8 Å². The highest BCUT2D eigenvalue weighted by atomic mass is 31.2. The van der Waals surface area contributed by atoms with Crippen LogP contribution in [0.15, 0.2) is 48.6 Å². The van der Waals surface area contributed by atoms with Crippen molar-refractivity contribution in [2.24, 2.45) is 0 Å². The normalized spacial score (nSPS) is 14.3. The average Bonchev–Trinajstić information content (AvgIpc) is 3.17. The number of phosphoric acid groups is 1. The molecule has 0 aromatic carbocycles. The topological polar surface area (TPSA) is 149 Å². The van der Waals surface area contributed by atoms with Crippen LogP contribution < -0.4 is 0 Å². The maximum absolute atomic E-state index is 12.6. The van der Waals surface area contributed by atoms with Gasteiger partial charge in [-0.15, -0.1) is 0 Å². The summed E-state index contributed by atoms with van der Waals surface area (Å²) in [6.07, 6.45) is 42.1. The summed E-state index contributed by atoms with van der Waals surface area (Å²) in [5.74, 6) is -0.947. The SMILES string of the molecule is CC/C=C/C/C=C/C/C=C/CCCCCCCC(=O)OC[C@H](COP(=O)(O)OC[C@@H](O)CO)OC(=O)CCCCCCCCCCC/C=C/CCCCCC. The zero-order valence-electron chi connectivity index (χ0n) is 34.6. The summed E-state index contributed by atoms with van der Waals surface area (Å²) in [7, 11) is -4.62. The molecule has 0 fully saturated rings. The molecule has 10 nitrogen and oxygen atoms in total. The van der Waals surface area contributed by atoms with Crippen molar-refractivity contribution < 1.29 is 47.8 Å². The first-order valence-corrected chi connectivity index (χ1v) is 23.1. The van der Waals surface area contributed by atoms with Crippen molar-refractivity contribution in [1.29, 1.82) is 0 Å². The molecular formula is C44H79O10P. The number of esters is 2. The van der Waals surface area contributed by atoms with Crippen LogP contribution in [0.25, 0.3) is 0 Å². The highest BCUT2D eigenvalue weighted by molar-refractivity contribution is 7.47. The number of aliphatic hydroxyl groups excluding tert-OH is 2. The summed E-state index contributed by atoms with van der Waals surface area (Å²) in [4.78, 5) is 35.0. The fourth-order valence-corrected chi connectivity index (χ4v) is 6.44. The summed E-state index contributed by atoms with van der Waals surface area (Å²) in [6.45, 7) is 2.23. The highest BCUT2D eigenvalue weighted by Crippen LogP contribution is 2.43. The Labute approximate surface area is 334 Å². The number of rotatable bonds is 40. The Morgan fingerprint density at radius 2 is 1.00 bits per heavy atom. The molecule has 0 amide bonds. The first-order valence-electron chi connectivity index (χ1n) is 21.6. The van der Waals surface area contributed by atoms with Gasteiger partial charge in [-0.05, 0) is 70.6 Å². The molecule has 0 heterocycles. The molecule has 3 N–H and O–H groups in total. The minimum Gasteiger partial charge on any atom is -0.462 e. The molecule has 0 saturated heterocycles. The third-order valence-electron chi connectivity index (χ3n) is 8.97. The number of ether oxygens (including phenoxy) is 2. The number of carbonyl (C=O) groups excluding carboxylic acids is 2. The Morgan fingerprint density at radius 3 is 1.53 bits per heavy atom. The molecule has 11 heteroatoms. The quantitative estimate of drug-likeness (QED) is 0.0237. The summed E-state index contributed by atoms with van der Waals surface area (Å²) >= 11 is 0. The molecule has 0 aliphatic carbocycles. The Kier molecular flexibility index (Phi) is 38.6. The van der Waals surface area contributed by atoms with Crippen molar-refractivity contribution in [2.75, 3.05) is 26.4 Å². The predicted octanol–water partition coefficient (Wildman–Crippen LogP) is 11.3. The molecule has 3 atom stereocenters. The second-order valence-corrected chi connectivity index (χ2v) is 15.8. The summed E-state index contributed by atoms with van der Waals surface area (Å²) < 4.78 is 32.7. The lowest BCUT2D eigenvalue weighted by Crippen LogP contribution is -2.29. The van der Waals surface area contributed by atoms with Crippen molar-refractivity contribution in [2.45, 2.75) is 193 Å².